The van der Waals surface area contributed by atoms with Gasteiger partial charge < -0.3 is 21.7 Å². The summed E-state index contributed by atoms with van der Waals surface area (Å²) in [5.41, 5.74) is 6.39. The number of nitrogens with one attached hydrogen (secondary N) is 3. The first-order valence-corrected chi connectivity index (χ1v) is 12.4. The molecule has 0 bridgehead atoms. The third-order valence-electron chi connectivity index (χ3n) is 4.82. The Morgan fingerprint density at radius 1 is 1.25 bits per heavy atom. The minimum atomic E-state index is -1.61. The molecule has 36 heavy (non-hydrogen) atoms. The van der Waals surface area contributed by atoms with Gasteiger partial charge in [-0.1, -0.05) is 33.4 Å². The number of rotatable bonds is 16. The highest BCUT2D eigenvalue weighted by atomic mass is 19.1. The monoisotopic (exact) mass is 512 g/mol. The van der Waals surface area contributed by atoms with Crippen molar-refractivity contribution in [1.29, 1.82) is 0 Å². The van der Waals surface area contributed by atoms with Gasteiger partial charge in [-0.2, -0.15) is 0 Å². The smallest absolute Gasteiger partial charge is 0.223 e. The van der Waals surface area contributed by atoms with E-state index in [1.54, 1.807) is 13.1 Å². The van der Waals surface area contributed by atoms with E-state index in [4.69, 9.17) is 5.73 Å². The highest BCUT2D eigenvalue weighted by Crippen LogP contribution is 2.21. The molecule has 204 valence electrons. The summed E-state index contributed by atoms with van der Waals surface area (Å²) in [7, 11) is 0. The molecule has 1 aromatic rings. The lowest BCUT2D eigenvalue weighted by Crippen LogP contribution is -2.38. The molecule has 0 aromatic carbocycles. The number of hydrogen-bond donors (Lipinski definition) is 4. The van der Waals surface area contributed by atoms with E-state index in [9.17, 15) is 18.0 Å². The van der Waals surface area contributed by atoms with E-state index in [0.717, 1.165) is 18.2 Å². The number of amides is 1. The molecule has 0 fully saturated rings. The number of aryl methyl sites for hydroxylation is 1. The van der Waals surface area contributed by atoms with Crippen LogP contribution in [0.2, 0.25) is 0 Å². The van der Waals surface area contributed by atoms with Gasteiger partial charge in [0.2, 0.25) is 11.9 Å². The number of carbonyl (C=O) groups excluding carboxylic acids is 1. The van der Waals surface area contributed by atoms with Crippen molar-refractivity contribution in [2.24, 2.45) is 11.7 Å². The van der Waals surface area contributed by atoms with Crippen LogP contribution in [0.4, 0.5) is 24.8 Å². The lowest BCUT2D eigenvalue weighted by Gasteiger charge is -2.27. The van der Waals surface area contributed by atoms with E-state index >= 15 is 0 Å². The third-order valence-corrected chi connectivity index (χ3v) is 4.82. The van der Waals surface area contributed by atoms with E-state index in [0.29, 0.717) is 30.2 Å². The zero-order chi connectivity index (χ0) is 27.7. The van der Waals surface area contributed by atoms with Crippen molar-refractivity contribution in [2.45, 2.75) is 85.6 Å². The van der Waals surface area contributed by atoms with Gasteiger partial charge in [-0.25, -0.2) is 18.7 Å². The largest absolute Gasteiger partial charge is 0.370 e. The highest BCUT2D eigenvalue weighted by molar-refractivity contribution is 5.73. The molecule has 0 aliphatic carbocycles. The van der Waals surface area contributed by atoms with Gasteiger partial charge in [0.15, 0.2) is 0 Å². The van der Waals surface area contributed by atoms with Crippen molar-refractivity contribution >= 4 is 17.5 Å². The number of primary amides is 1. The number of anilines is 2. The van der Waals surface area contributed by atoms with E-state index in [1.807, 2.05) is 34.6 Å². The Balaban J connectivity index is 0.00000596. The van der Waals surface area contributed by atoms with Gasteiger partial charge in [-0.3, -0.25) is 9.18 Å². The van der Waals surface area contributed by atoms with Crippen LogP contribution in [0.1, 0.15) is 66.0 Å². The molecule has 0 radical (unpaired) electrons. The second kappa shape index (κ2) is 18.3. The zero-order valence-corrected chi connectivity index (χ0v) is 22.4. The topological polar surface area (TPSA) is 105 Å². The van der Waals surface area contributed by atoms with Crippen LogP contribution in [0.5, 0.6) is 0 Å². The summed E-state index contributed by atoms with van der Waals surface area (Å²) in [4.78, 5) is 19.9. The first kappa shape index (κ1) is 33.0. The molecular weight excluding hydrogens is 469 g/mol. The van der Waals surface area contributed by atoms with E-state index in [2.05, 4.69) is 32.5 Å². The second-order valence-corrected chi connectivity index (χ2v) is 8.47. The van der Waals surface area contributed by atoms with Crippen molar-refractivity contribution in [1.82, 2.24) is 15.3 Å². The van der Waals surface area contributed by atoms with Gasteiger partial charge in [0.1, 0.15) is 12.0 Å². The summed E-state index contributed by atoms with van der Waals surface area (Å²) in [5.74, 6) is -0.693. The number of aromatic nitrogens is 2. The molecule has 1 aromatic heterocycles. The minimum absolute atomic E-state index is 0.0142. The van der Waals surface area contributed by atoms with Gasteiger partial charge in [-0.05, 0) is 58.1 Å². The lowest BCUT2D eigenvalue weighted by atomic mass is 9.99. The minimum Gasteiger partial charge on any atom is -0.370 e. The van der Waals surface area contributed by atoms with Crippen molar-refractivity contribution in [3.63, 3.8) is 0 Å². The number of alkyl halides is 2. The maximum Gasteiger partial charge on any atom is 0.223 e. The number of allylic oxidation sites excluding steroid dienone is 4. The predicted octanol–water partition coefficient (Wildman–Crippen LogP) is 5.87. The zero-order valence-electron chi connectivity index (χ0n) is 22.4. The van der Waals surface area contributed by atoms with Gasteiger partial charge in [0.25, 0.3) is 0 Å². The van der Waals surface area contributed by atoms with Crippen molar-refractivity contribution in [2.75, 3.05) is 17.3 Å². The fourth-order valence-electron chi connectivity index (χ4n) is 3.09. The number of nitrogens with two attached hydrogens (primary N) is 1. The molecule has 3 atom stereocenters. The molecule has 1 rings (SSSR count). The summed E-state index contributed by atoms with van der Waals surface area (Å²) < 4.78 is 41.3. The lowest BCUT2D eigenvalue weighted by molar-refractivity contribution is -0.118. The molecule has 0 aliphatic heterocycles. The highest BCUT2D eigenvalue weighted by Gasteiger charge is 2.19. The standard InChI is InChI=1S/C24H37F3N6O.C2H6/c1-6-18(26)13-20(19(27)8-7-11-25)32-23(12-16(4)9-10-22(28)34)33-21-14-29-24(30-15(2)3)31-17(21)5;1-2/h6,8,13-16,18,23,32-33H,1,7,9-12H2,2-5H3,(H2,28,34)(H,29,30,31);1-2H3/b19-8+,20-13?;. The van der Waals surface area contributed by atoms with Crippen molar-refractivity contribution in [3.8, 4) is 0 Å². The third kappa shape index (κ3) is 13.7. The number of carbonyl (C=O) groups is 1. The van der Waals surface area contributed by atoms with Crippen molar-refractivity contribution in [3.05, 3.63) is 48.2 Å². The summed E-state index contributed by atoms with van der Waals surface area (Å²) >= 11 is 0. The maximum absolute atomic E-state index is 14.7. The van der Waals surface area contributed by atoms with Crippen LogP contribution in [0.15, 0.2) is 42.5 Å². The molecule has 1 heterocycles. The van der Waals surface area contributed by atoms with Gasteiger partial charge in [0, 0.05) is 12.5 Å². The van der Waals surface area contributed by atoms with Gasteiger partial charge in [-0.15, -0.1) is 0 Å². The number of nitrogens with zero attached hydrogens (tertiary/aromatic N) is 2. The Labute approximate surface area is 213 Å². The Morgan fingerprint density at radius 3 is 2.44 bits per heavy atom. The first-order chi connectivity index (χ1) is 17.0. The van der Waals surface area contributed by atoms with Crippen LogP contribution >= 0.6 is 0 Å². The fraction of sp³-hybridized carbons (Fsp3) is 0.577. The Bertz CT molecular complexity index is 860. The summed E-state index contributed by atoms with van der Waals surface area (Å²) in [5, 5.41) is 9.34. The maximum atomic E-state index is 14.7. The molecule has 0 spiro atoms. The normalized spacial score (nSPS) is 14.3. The molecule has 0 saturated carbocycles. The van der Waals surface area contributed by atoms with E-state index < -0.39 is 30.7 Å². The SMILES string of the molecule is C=CC(F)C=C(NC(CC(C)CCC(N)=O)Nc1cnc(NC(C)C)nc1C)/C(F)=C\CCF.CC. The number of halogens is 3. The summed E-state index contributed by atoms with van der Waals surface area (Å²) in [6.45, 7) is 14.3. The molecule has 1 amide bonds. The predicted molar refractivity (Wildman–Crippen MR) is 143 cm³/mol. The van der Waals surface area contributed by atoms with Crippen LogP contribution in [0.3, 0.4) is 0 Å². The van der Waals surface area contributed by atoms with Crippen molar-refractivity contribution < 1.29 is 18.0 Å². The summed E-state index contributed by atoms with van der Waals surface area (Å²) in [6, 6.07) is 0.156. The molecule has 7 nitrogen and oxygen atoms in total. The van der Waals surface area contributed by atoms with Crippen LogP contribution < -0.4 is 21.7 Å². The molecule has 0 aliphatic rings. The number of hydrogen-bond acceptors (Lipinski definition) is 6. The summed E-state index contributed by atoms with van der Waals surface area (Å²) in [6.07, 6.45) is 3.59. The Morgan fingerprint density at radius 2 is 1.92 bits per heavy atom. The van der Waals surface area contributed by atoms with Gasteiger partial charge >= 0.3 is 0 Å². The fourth-order valence-corrected chi connectivity index (χ4v) is 3.09. The molecule has 0 saturated heterocycles. The van der Waals surface area contributed by atoms with Crippen LogP contribution in [-0.4, -0.2) is 40.9 Å². The molecular formula is C26H43F3N6O. The van der Waals surface area contributed by atoms with Crippen LogP contribution in [-0.2, 0) is 4.79 Å². The Kier molecular flexibility index (Phi) is 16.7. The van der Waals surface area contributed by atoms with Crippen LogP contribution in [0.25, 0.3) is 0 Å². The molecule has 3 unspecified atom stereocenters. The molecule has 10 heteroatoms. The first-order valence-electron chi connectivity index (χ1n) is 12.4. The molecule has 5 N–H and O–H groups in total. The second-order valence-electron chi connectivity index (χ2n) is 8.47. The average Bonchev–Trinajstić information content (AvgIpc) is 2.83. The van der Waals surface area contributed by atoms with E-state index in [-0.39, 0.29) is 30.5 Å². The average molecular weight is 513 g/mol. The Hall–Kier alpha value is -3.04. The quantitative estimate of drug-likeness (QED) is 0.125. The van der Waals surface area contributed by atoms with Gasteiger partial charge in [0.05, 0.1) is 36.1 Å². The van der Waals surface area contributed by atoms with Crippen LogP contribution in [0, 0.1) is 12.8 Å². The van der Waals surface area contributed by atoms with E-state index in [1.165, 1.54) is 0 Å².